The first-order valence-electron chi connectivity index (χ1n) is 12.5. The van der Waals surface area contributed by atoms with Crippen molar-refractivity contribution in [3.63, 3.8) is 0 Å². The molecular formula is C23H34F4N3O9PS. The topological polar surface area (TPSA) is 153 Å². The number of aliphatic hydroxyl groups excluding tert-OH is 1. The quantitative estimate of drug-likeness (QED) is 0.117. The van der Waals surface area contributed by atoms with Gasteiger partial charge >= 0.3 is 11.9 Å². The third-order valence-electron chi connectivity index (χ3n) is 5.79. The molecule has 0 bridgehead atoms. The largest absolute Gasteiger partial charge is 0.462 e. The Bertz CT molecular complexity index is 1060. The molecule has 18 heteroatoms. The Hall–Kier alpha value is -2.01. The van der Waals surface area contributed by atoms with Gasteiger partial charge in [-0.25, -0.2) is 27.7 Å². The van der Waals surface area contributed by atoms with Crippen molar-refractivity contribution in [2.24, 2.45) is 0 Å². The van der Waals surface area contributed by atoms with Gasteiger partial charge in [-0.2, -0.15) is 0 Å². The second-order valence-corrected chi connectivity index (χ2v) is 13.4. The molecule has 3 N–H and O–H groups in total. The average Bonchev–Trinajstić information content (AvgIpc) is 3.10. The van der Waals surface area contributed by atoms with Gasteiger partial charge in [0, 0.05) is 6.20 Å². The second-order valence-electron chi connectivity index (χ2n) is 10.0. The van der Waals surface area contributed by atoms with Gasteiger partial charge < -0.3 is 23.8 Å². The molecule has 1 fully saturated rings. The lowest BCUT2D eigenvalue weighted by atomic mass is 9.97. The van der Waals surface area contributed by atoms with Gasteiger partial charge in [0.1, 0.15) is 18.2 Å². The number of aliphatic hydroxyl groups is 1. The van der Waals surface area contributed by atoms with Crippen LogP contribution in [0.25, 0.3) is 0 Å². The number of hydrogen-bond acceptors (Lipinski definition) is 10. The molecule has 0 saturated carbocycles. The summed E-state index contributed by atoms with van der Waals surface area (Å²) in [4.78, 5) is 48.8. The number of allylic oxidation sites excluding steroid dienone is 1. The van der Waals surface area contributed by atoms with Gasteiger partial charge in [0.15, 0.2) is 30.4 Å². The van der Waals surface area contributed by atoms with Crippen molar-refractivity contribution >= 4 is 42.0 Å². The maximum absolute atomic E-state index is 15.1. The summed E-state index contributed by atoms with van der Waals surface area (Å²) in [6.07, 6.45) is -12.9. The molecule has 0 aromatic heterocycles. The second kappa shape index (κ2) is 14.0. The SMILES string of the molecule is CC(C)OC(=O)[C@H](C)NP(=S)(N[C@@H](C)C(=O)OC(C)C)OC[C@@]1(C(F)F)O[C@@H](N2C=C(F)C(=O)CC2=O)[C@@H](F)[C@@H]1O. The van der Waals surface area contributed by atoms with Crippen LogP contribution in [0, 0.1) is 0 Å². The average molecular weight is 636 g/mol. The van der Waals surface area contributed by atoms with Crippen LogP contribution in [0.5, 0.6) is 0 Å². The van der Waals surface area contributed by atoms with Gasteiger partial charge in [-0.1, -0.05) is 0 Å². The minimum atomic E-state index is -3.90. The van der Waals surface area contributed by atoms with Crippen LogP contribution in [0.4, 0.5) is 17.6 Å². The summed E-state index contributed by atoms with van der Waals surface area (Å²) in [6.45, 7) is 3.77. The fraction of sp³-hybridized carbons (Fsp3) is 0.739. The molecule has 0 aromatic carbocycles. The Morgan fingerprint density at radius 3 is 2.05 bits per heavy atom. The lowest BCUT2D eigenvalue weighted by Gasteiger charge is -2.36. The Balaban J connectivity index is 2.37. The van der Waals surface area contributed by atoms with Crippen molar-refractivity contribution in [1.82, 2.24) is 15.1 Å². The molecule has 0 aliphatic carbocycles. The van der Waals surface area contributed by atoms with E-state index < -0.39 is 104 Å². The van der Waals surface area contributed by atoms with E-state index in [1.165, 1.54) is 13.8 Å². The van der Waals surface area contributed by atoms with Crippen LogP contribution < -0.4 is 10.2 Å². The Morgan fingerprint density at radius 1 is 1.12 bits per heavy atom. The summed E-state index contributed by atoms with van der Waals surface area (Å²) in [5.74, 6) is -5.38. The van der Waals surface area contributed by atoms with Crippen molar-refractivity contribution < 1.29 is 60.6 Å². The normalized spacial score (nSPS) is 26.9. The van der Waals surface area contributed by atoms with Crippen molar-refractivity contribution in [3.05, 3.63) is 12.0 Å². The first kappa shape index (κ1) is 35.2. The lowest BCUT2D eigenvalue weighted by molar-refractivity contribution is -0.199. The zero-order valence-electron chi connectivity index (χ0n) is 23.1. The van der Waals surface area contributed by atoms with Crippen LogP contribution in [0.1, 0.15) is 48.0 Å². The monoisotopic (exact) mass is 635 g/mol. The number of nitrogens with zero attached hydrogens (tertiary/aromatic N) is 1. The number of alkyl halides is 3. The van der Waals surface area contributed by atoms with Gasteiger partial charge in [-0.3, -0.25) is 24.1 Å². The highest BCUT2D eigenvalue weighted by atomic mass is 32.4. The Labute approximate surface area is 239 Å². The number of carbonyl (C=O) groups is 4. The van der Waals surface area contributed by atoms with Crippen molar-refractivity contribution in [1.29, 1.82) is 0 Å². The lowest BCUT2D eigenvalue weighted by Crippen LogP contribution is -2.53. The minimum absolute atomic E-state index is 0.273. The Morgan fingerprint density at radius 2 is 1.61 bits per heavy atom. The molecule has 2 heterocycles. The summed E-state index contributed by atoms with van der Waals surface area (Å²) < 4.78 is 78.8. The van der Waals surface area contributed by atoms with E-state index in [1.54, 1.807) is 27.7 Å². The fourth-order valence-corrected chi connectivity index (χ4v) is 6.68. The van der Waals surface area contributed by atoms with Crippen molar-refractivity contribution in [2.45, 2.75) is 103 Å². The van der Waals surface area contributed by atoms with Crippen molar-refractivity contribution in [2.75, 3.05) is 6.61 Å². The molecule has 2 aliphatic rings. The number of ether oxygens (including phenoxy) is 3. The van der Waals surface area contributed by atoms with E-state index >= 15 is 4.39 Å². The van der Waals surface area contributed by atoms with Crippen molar-refractivity contribution in [3.8, 4) is 0 Å². The van der Waals surface area contributed by atoms with Crippen LogP contribution in [0.2, 0.25) is 0 Å². The zero-order chi connectivity index (χ0) is 31.4. The molecule has 2 rings (SSSR count). The summed E-state index contributed by atoms with van der Waals surface area (Å²) in [5, 5.41) is 15.7. The van der Waals surface area contributed by atoms with Crippen LogP contribution >= 0.6 is 6.57 Å². The van der Waals surface area contributed by atoms with Gasteiger partial charge in [-0.05, 0) is 53.3 Å². The number of hydrogen-bond donors (Lipinski definition) is 3. The van der Waals surface area contributed by atoms with Crippen LogP contribution in [0.15, 0.2) is 12.0 Å². The van der Waals surface area contributed by atoms with E-state index in [0.29, 0.717) is 6.20 Å². The molecule has 41 heavy (non-hydrogen) atoms. The predicted molar refractivity (Wildman–Crippen MR) is 138 cm³/mol. The number of carbonyl (C=O) groups excluding carboxylic acids is 4. The standard InChI is InChI=1S/C23H34F4N3O9PS/c1-10(2)37-20(34)12(5)28-40(41,29-13(6)21(35)38-11(3)4)36-9-23(22(26)27)18(33)17(25)19(39-23)30-8-14(24)15(31)7-16(30)32/h8,10-13,17-19,22,33H,7,9H2,1-6H3,(H2,28,29,41)/t12-,13-,17-,18-,19+,23+/m0/s1. The third kappa shape index (κ3) is 8.52. The molecule has 1 saturated heterocycles. The van der Waals surface area contributed by atoms with E-state index in [-0.39, 0.29) is 4.90 Å². The van der Waals surface area contributed by atoms with E-state index in [2.05, 4.69) is 10.2 Å². The molecule has 0 spiro atoms. The molecule has 0 unspecified atom stereocenters. The summed E-state index contributed by atoms with van der Waals surface area (Å²) in [6, 6.07) is -2.39. The smallest absolute Gasteiger partial charge is 0.323 e. The van der Waals surface area contributed by atoms with Gasteiger partial charge in [0.2, 0.25) is 11.7 Å². The summed E-state index contributed by atoms with van der Waals surface area (Å²) in [5.41, 5.74) is -3.15. The zero-order valence-corrected chi connectivity index (χ0v) is 24.8. The molecule has 6 atom stereocenters. The van der Waals surface area contributed by atoms with Crippen LogP contribution in [0.3, 0.4) is 0 Å². The summed E-state index contributed by atoms with van der Waals surface area (Å²) >= 11 is 5.47. The first-order chi connectivity index (χ1) is 18.8. The number of esters is 2. The molecule has 0 radical (unpaired) electrons. The number of nitrogens with one attached hydrogen (secondary N) is 2. The van der Waals surface area contributed by atoms with Gasteiger partial charge in [-0.15, -0.1) is 0 Å². The fourth-order valence-electron chi connectivity index (χ4n) is 3.74. The van der Waals surface area contributed by atoms with Gasteiger partial charge in [0.25, 0.3) is 6.43 Å². The van der Waals surface area contributed by atoms with E-state index in [0.717, 1.165) is 0 Å². The highest BCUT2D eigenvalue weighted by Gasteiger charge is 2.63. The third-order valence-corrected chi connectivity index (χ3v) is 8.68. The molecule has 234 valence electrons. The molecule has 12 nitrogen and oxygen atoms in total. The van der Waals surface area contributed by atoms with Gasteiger partial charge in [0.05, 0.1) is 25.2 Å². The highest BCUT2D eigenvalue weighted by molar-refractivity contribution is 8.10. The molecule has 0 aromatic rings. The molecule has 2 aliphatic heterocycles. The maximum atomic E-state index is 15.1. The van der Waals surface area contributed by atoms with E-state index in [1.807, 2.05) is 0 Å². The number of rotatable bonds is 13. The number of halogens is 4. The minimum Gasteiger partial charge on any atom is -0.462 e. The van der Waals surface area contributed by atoms with E-state index in [9.17, 15) is 37.5 Å². The summed E-state index contributed by atoms with van der Waals surface area (Å²) in [7, 11) is 0. The number of amides is 1. The number of ketones is 1. The van der Waals surface area contributed by atoms with Crippen LogP contribution in [-0.4, -0.2) is 95.1 Å². The Kier molecular flexibility index (Phi) is 12.0. The first-order valence-corrected chi connectivity index (χ1v) is 15.3. The number of Topliss-reactive ketones (excluding diaryl/α,β-unsaturated/α-hetero) is 1. The molecular weight excluding hydrogens is 601 g/mol. The highest BCUT2D eigenvalue weighted by Crippen LogP contribution is 2.46. The van der Waals surface area contributed by atoms with E-state index in [4.69, 9.17) is 30.5 Å². The maximum Gasteiger partial charge on any atom is 0.323 e. The molecule has 1 amide bonds. The van der Waals surface area contributed by atoms with Crippen LogP contribution in [-0.2, 0) is 49.7 Å². The predicted octanol–water partition coefficient (Wildman–Crippen LogP) is 1.76.